The molecule has 3 N–H and O–H groups in total. The van der Waals surface area contributed by atoms with Crippen LogP contribution in [-0.4, -0.2) is 47.5 Å². The third-order valence-electron chi connectivity index (χ3n) is 4.92. The molecule has 2 aliphatic rings. The van der Waals surface area contributed by atoms with Crippen LogP contribution in [0.1, 0.15) is 18.4 Å². The van der Waals surface area contributed by atoms with Crippen LogP contribution in [0.3, 0.4) is 0 Å². The highest BCUT2D eigenvalue weighted by molar-refractivity contribution is 6.35. The summed E-state index contributed by atoms with van der Waals surface area (Å²) in [6.45, 7) is 1.57. The molecular formula is C19H20Cl2N6O2. The van der Waals surface area contributed by atoms with Gasteiger partial charge in [0.1, 0.15) is 18.0 Å². The molecule has 2 aliphatic heterocycles. The Balaban J connectivity index is 1.35. The second-order valence-corrected chi connectivity index (χ2v) is 7.99. The smallest absolute Gasteiger partial charge is 0.239 e. The number of amides is 2. The molecule has 1 aromatic carbocycles. The normalized spacial score (nSPS) is 18.2. The maximum atomic E-state index is 12.4. The topological polar surface area (TPSA) is 99.2 Å². The first-order valence-electron chi connectivity index (χ1n) is 9.36. The molecule has 4 rings (SSSR count). The molecule has 0 radical (unpaired) electrons. The number of hydrogen-bond donors (Lipinski definition) is 3. The van der Waals surface area contributed by atoms with Crippen molar-refractivity contribution in [2.24, 2.45) is 0 Å². The fourth-order valence-electron chi connectivity index (χ4n) is 3.69. The molecule has 29 heavy (non-hydrogen) atoms. The van der Waals surface area contributed by atoms with E-state index in [4.69, 9.17) is 23.2 Å². The summed E-state index contributed by atoms with van der Waals surface area (Å²) in [5.74, 6) is 1.16. The first kappa shape index (κ1) is 19.7. The molecule has 1 atom stereocenters. The zero-order valence-electron chi connectivity index (χ0n) is 15.5. The third kappa shape index (κ3) is 4.71. The maximum absolute atomic E-state index is 12.4. The Hall–Kier alpha value is -2.58. The van der Waals surface area contributed by atoms with Crippen LogP contribution in [0.15, 0.2) is 24.5 Å². The van der Waals surface area contributed by atoms with Gasteiger partial charge < -0.3 is 20.9 Å². The Morgan fingerprint density at radius 1 is 1.24 bits per heavy atom. The summed E-state index contributed by atoms with van der Waals surface area (Å²) in [5, 5.41) is 9.86. The van der Waals surface area contributed by atoms with Crippen LogP contribution in [0.4, 0.5) is 17.3 Å². The molecule has 2 amide bonds. The summed E-state index contributed by atoms with van der Waals surface area (Å²) >= 11 is 12.0. The SMILES string of the molecule is O=C1Cc2c(ncnc2N2CCC[C@@H](NC(=O)CNc3cc(Cl)cc(Cl)c3)C2)N1. The maximum Gasteiger partial charge on any atom is 0.239 e. The standard InChI is InChI=1S/C19H20Cl2N6O2/c20-11-4-12(21)6-14(5-11)22-8-17(29)25-13-2-1-3-27(9-13)19-15-7-16(28)26-18(15)23-10-24-19/h4-6,10,13,22H,1-3,7-9H2,(H,25,29)(H,23,24,26,28)/t13-/m1/s1. The Kier molecular flexibility index (Phi) is 5.73. The Labute approximate surface area is 178 Å². The number of hydrogen-bond acceptors (Lipinski definition) is 6. The lowest BCUT2D eigenvalue weighted by Crippen LogP contribution is -2.49. The molecule has 0 unspecified atom stereocenters. The van der Waals surface area contributed by atoms with Crippen LogP contribution in [0.5, 0.6) is 0 Å². The number of carbonyl (C=O) groups excluding carboxylic acids is 2. The van der Waals surface area contributed by atoms with Gasteiger partial charge in [-0.15, -0.1) is 0 Å². The second-order valence-electron chi connectivity index (χ2n) is 7.11. The fraction of sp³-hybridized carbons (Fsp3) is 0.368. The highest BCUT2D eigenvalue weighted by atomic mass is 35.5. The molecule has 0 bridgehead atoms. The molecule has 0 spiro atoms. The van der Waals surface area contributed by atoms with Gasteiger partial charge in [0.05, 0.1) is 13.0 Å². The Morgan fingerprint density at radius 3 is 2.83 bits per heavy atom. The number of carbonyl (C=O) groups is 2. The highest BCUT2D eigenvalue weighted by Gasteiger charge is 2.29. The van der Waals surface area contributed by atoms with Crippen LogP contribution in [-0.2, 0) is 16.0 Å². The van der Waals surface area contributed by atoms with Crippen molar-refractivity contribution in [3.8, 4) is 0 Å². The monoisotopic (exact) mass is 434 g/mol. The number of nitrogens with one attached hydrogen (secondary N) is 3. The lowest BCUT2D eigenvalue weighted by atomic mass is 10.0. The number of rotatable bonds is 5. The molecule has 1 aromatic heterocycles. The van der Waals surface area contributed by atoms with Crippen LogP contribution >= 0.6 is 23.2 Å². The van der Waals surface area contributed by atoms with Gasteiger partial charge in [-0.25, -0.2) is 9.97 Å². The van der Waals surface area contributed by atoms with Gasteiger partial charge in [-0.2, -0.15) is 0 Å². The van der Waals surface area contributed by atoms with Crippen LogP contribution in [0, 0.1) is 0 Å². The summed E-state index contributed by atoms with van der Waals surface area (Å²) in [6.07, 6.45) is 3.55. The number of benzene rings is 1. The van der Waals surface area contributed by atoms with Gasteiger partial charge in [-0.1, -0.05) is 23.2 Å². The van der Waals surface area contributed by atoms with E-state index in [0.717, 1.165) is 30.8 Å². The van der Waals surface area contributed by atoms with E-state index in [1.807, 2.05) is 0 Å². The molecule has 1 fully saturated rings. The van der Waals surface area contributed by atoms with E-state index < -0.39 is 0 Å². The van der Waals surface area contributed by atoms with Crippen LogP contribution in [0.2, 0.25) is 10.0 Å². The summed E-state index contributed by atoms with van der Waals surface area (Å²) in [5.41, 5.74) is 1.51. The van der Waals surface area contributed by atoms with Gasteiger partial charge in [0, 0.05) is 40.4 Å². The molecule has 152 valence electrons. The number of aromatic nitrogens is 2. The molecule has 0 saturated carbocycles. The molecule has 1 saturated heterocycles. The van der Waals surface area contributed by atoms with E-state index in [1.54, 1.807) is 18.2 Å². The minimum absolute atomic E-state index is 0.00308. The van der Waals surface area contributed by atoms with Crippen molar-refractivity contribution in [2.45, 2.75) is 25.3 Å². The van der Waals surface area contributed by atoms with Crippen molar-refractivity contribution < 1.29 is 9.59 Å². The third-order valence-corrected chi connectivity index (χ3v) is 5.36. The number of fused-ring (bicyclic) bond motifs is 1. The van der Waals surface area contributed by atoms with E-state index in [9.17, 15) is 9.59 Å². The molecular weight excluding hydrogens is 415 g/mol. The molecule has 3 heterocycles. The van der Waals surface area contributed by atoms with Gasteiger partial charge in [-0.05, 0) is 31.0 Å². The first-order chi connectivity index (χ1) is 14.0. The van der Waals surface area contributed by atoms with Gasteiger partial charge in [0.25, 0.3) is 0 Å². The van der Waals surface area contributed by atoms with Gasteiger partial charge >= 0.3 is 0 Å². The van der Waals surface area contributed by atoms with Crippen LogP contribution < -0.4 is 20.9 Å². The minimum Gasteiger partial charge on any atom is -0.376 e. The van der Waals surface area contributed by atoms with Crippen molar-refractivity contribution in [1.29, 1.82) is 0 Å². The number of anilines is 3. The number of piperidine rings is 1. The average Bonchev–Trinajstić information content (AvgIpc) is 3.06. The van der Waals surface area contributed by atoms with E-state index >= 15 is 0 Å². The summed E-state index contributed by atoms with van der Waals surface area (Å²) in [6, 6.07) is 5.07. The summed E-state index contributed by atoms with van der Waals surface area (Å²) in [4.78, 5) is 34.7. The number of halogens is 2. The Bertz CT molecular complexity index is 934. The van der Waals surface area contributed by atoms with E-state index in [1.165, 1.54) is 6.33 Å². The predicted octanol–water partition coefficient (Wildman–Crippen LogP) is 2.48. The largest absolute Gasteiger partial charge is 0.376 e. The van der Waals surface area contributed by atoms with Crippen molar-refractivity contribution in [3.63, 3.8) is 0 Å². The zero-order valence-corrected chi connectivity index (χ0v) is 17.1. The zero-order chi connectivity index (χ0) is 20.4. The quantitative estimate of drug-likeness (QED) is 0.668. The average molecular weight is 435 g/mol. The van der Waals surface area contributed by atoms with Gasteiger partial charge in [0.15, 0.2) is 0 Å². The van der Waals surface area contributed by atoms with Crippen LogP contribution in [0.25, 0.3) is 0 Å². The highest BCUT2D eigenvalue weighted by Crippen LogP contribution is 2.30. The molecule has 10 heteroatoms. The lowest BCUT2D eigenvalue weighted by molar-refractivity contribution is -0.120. The molecule has 2 aromatic rings. The molecule has 8 nitrogen and oxygen atoms in total. The summed E-state index contributed by atoms with van der Waals surface area (Å²) < 4.78 is 0. The predicted molar refractivity (Wildman–Crippen MR) is 113 cm³/mol. The minimum atomic E-state index is -0.113. The lowest BCUT2D eigenvalue weighted by Gasteiger charge is -2.34. The van der Waals surface area contributed by atoms with E-state index in [-0.39, 0.29) is 30.8 Å². The van der Waals surface area contributed by atoms with Gasteiger partial charge in [-0.3, -0.25) is 9.59 Å². The van der Waals surface area contributed by atoms with Gasteiger partial charge in [0.2, 0.25) is 11.8 Å². The van der Waals surface area contributed by atoms with Crippen molar-refractivity contribution >= 4 is 52.3 Å². The fourth-order valence-corrected chi connectivity index (χ4v) is 4.21. The van der Waals surface area contributed by atoms with E-state index in [2.05, 4.69) is 30.8 Å². The van der Waals surface area contributed by atoms with Crippen molar-refractivity contribution in [3.05, 3.63) is 40.1 Å². The molecule has 0 aliphatic carbocycles. The summed E-state index contributed by atoms with van der Waals surface area (Å²) in [7, 11) is 0. The first-order valence-corrected chi connectivity index (χ1v) is 10.1. The van der Waals surface area contributed by atoms with Crippen molar-refractivity contribution in [1.82, 2.24) is 15.3 Å². The van der Waals surface area contributed by atoms with Crippen molar-refractivity contribution in [2.75, 3.05) is 35.2 Å². The Morgan fingerprint density at radius 2 is 2.03 bits per heavy atom. The van der Waals surface area contributed by atoms with E-state index in [0.29, 0.717) is 28.1 Å². The second kappa shape index (κ2) is 8.42. The number of nitrogens with zero attached hydrogens (tertiary/aromatic N) is 3.